The van der Waals surface area contributed by atoms with Gasteiger partial charge >= 0.3 is 0 Å². The minimum absolute atomic E-state index is 0.141. The number of nitrogens with two attached hydrogens (primary N) is 1. The van der Waals surface area contributed by atoms with Gasteiger partial charge in [0.1, 0.15) is 0 Å². The van der Waals surface area contributed by atoms with Crippen LogP contribution >= 0.6 is 0 Å². The highest BCUT2D eigenvalue weighted by Gasteiger charge is 2.12. The first kappa shape index (κ1) is 12.4. The van der Waals surface area contributed by atoms with Gasteiger partial charge in [0.25, 0.3) is 0 Å². The number of benzene rings is 2. The molecule has 0 spiro atoms. The average molecular weight is 253 g/mol. The van der Waals surface area contributed by atoms with Crippen LogP contribution in [0.3, 0.4) is 0 Å². The monoisotopic (exact) mass is 253 g/mol. The van der Waals surface area contributed by atoms with E-state index in [0.717, 1.165) is 19.6 Å². The van der Waals surface area contributed by atoms with E-state index in [1.807, 2.05) is 0 Å². The van der Waals surface area contributed by atoms with E-state index in [1.54, 1.807) is 0 Å². The second-order valence-corrected chi connectivity index (χ2v) is 5.11. The molecule has 1 aliphatic heterocycles. The molecule has 0 saturated carbocycles. The molecule has 2 aromatic carbocycles. The van der Waals surface area contributed by atoms with Crippen LogP contribution in [0.15, 0.2) is 42.5 Å². The summed E-state index contributed by atoms with van der Waals surface area (Å²) in [6.07, 6.45) is 0.968. The maximum absolute atomic E-state index is 6.04. The van der Waals surface area contributed by atoms with Gasteiger partial charge < -0.3 is 10.5 Å². The van der Waals surface area contributed by atoms with E-state index in [1.165, 1.54) is 27.8 Å². The molecule has 2 N–H and O–H groups in total. The van der Waals surface area contributed by atoms with E-state index in [9.17, 15) is 0 Å². The molecule has 19 heavy (non-hydrogen) atoms. The predicted molar refractivity (Wildman–Crippen MR) is 77.6 cm³/mol. The van der Waals surface area contributed by atoms with Crippen LogP contribution in [0.5, 0.6) is 0 Å². The number of hydrogen-bond acceptors (Lipinski definition) is 2. The van der Waals surface area contributed by atoms with Crippen molar-refractivity contribution >= 4 is 0 Å². The second kappa shape index (κ2) is 5.16. The highest BCUT2D eigenvalue weighted by atomic mass is 16.5. The third kappa shape index (κ3) is 2.42. The second-order valence-electron chi connectivity index (χ2n) is 5.11. The number of fused-ring (bicyclic) bond motifs is 1. The van der Waals surface area contributed by atoms with Crippen molar-refractivity contribution < 1.29 is 4.74 Å². The van der Waals surface area contributed by atoms with Crippen molar-refractivity contribution in [2.45, 2.75) is 32.6 Å². The molecule has 0 radical (unpaired) electrons. The van der Waals surface area contributed by atoms with Gasteiger partial charge in [-0.3, -0.25) is 0 Å². The summed E-state index contributed by atoms with van der Waals surface area (Å²) in [6.45, 7) is 3.60. The van der Waals surface area contributed by atoms with Crippen molar-refractivity contribution in [3.63, 3.8) is 0 Å². The molecule has 1 aliphatic rings. The van der Waals surface area contributed by atoms with E-state index in [-0.39, 0.29) is 6.04 Å². The molecule has 3 rings (SSSR count). The Morgan fingerprint density at radius 2 is 1.68 bits per heavy atom. The lowest BCUT2D eigenvalue weighted by Gasteiger charge is -2.10. The molecule has 2 aromatic rings. The summed E-state index contributed by atoms with van der Waals surface area (Å²) in [5, 5.41) is 0. The van der Waals surface area contributed by atoms with Gasteiger partial charge in [-0.1, -0.05) is 43.3 Å². The Kier molecular flexibility index (Phi) is 3.36. The Morgan fingerprint density at radius 3 is 2.42 bits per heavy atom. The van der Waals surface area contributed by atoms with Gasteiger partial charge in [-0.05, 0) is 40.3 Å². The minimum atomic E-state index is 0.141. The van der Waals surface area contributed by atoms with Crippen LogP contribution < -0.4 is 5.73 Å². The average Bonchev–Trinajstić information content (AvgIpc) is 2.94. The van der Waals surface area contributed by atoms with E-state index < -0.39 is 0 Å². The van der Waals surface area contributed by atoms with Crippen LogP contribution in [0.4, 0.5) is 0 Å². The van der Waals surface area contributed by atoms with E-state index in [4.69, 9.17) is 10.5 Å². The number of ether oxygens (including phenoxy) is 1. The van der Waals surface area contributed by atoms with Crippen LogP contribution in [0.1, 0.15) is 36.1 Å². The summed E-state index contributed by atoms with van der Waals surface area (Å²) < 4.78 is 5.45. The molecule has 0 saturated heterocycles. The Bertz CT molecular complexity index is 574. The van der Waals surface area contributed by atoms with Crippen molar-refractivity contribution in [1.82, 2.24) is 0 Å². The fourth-order valence-corrected chi connectivity index (χ4v) is 2.51. The third-order valence-corrected chi connectivity index (χ3v) is 3.83. The first-order valence-corrected chi connectivity index (χ1v) is 6.83. The lowest BCUT2D eigenvalue weighted by atomic mass is 9.98. The van der Waals surface area contributed by atoms with Crippen LogP contribution in [-0.4, -0.2) is 0 Å². The van der Waals surface area contributed by atoms with Crippen LogP contribution in [0.2, 0.25) is 0 Å². The molecule has 1 atom stereocenters. The van der Waals surface area contributed by atoms with E-state index in [0.29, 0.717) is 0 Å². The van der Waals surface area contributed by atoms with Crippen LogP contribution in [-0.2, 0) is 18.0 Å². The quantitative estimate of drug-likeness (QED) is 0.903. The van der Waals surface area contributed by atoms with Crippen molar-refractivity contribution in [2.75, 3.05) is 0 Å². The summed E-state index contributed by atoms with van der Waals surface area (Å²) >= 11 is 0. The van der Waals surface area contributed by atoms with Gasteiger partial charge in [0.05, 0.1) is 13.2 Å². The Labute approximate surface area is 114 Å². The molecule has 1 unspecified atom stereocenters. The summed E-state index contributed by atoms with van der Waals surface area (Å²) in [5.41, 5.74) is 12.4. The maximum Gasteiger partial charge on any atom is 0.0725 e. The SMILES string of the molecule is CCC(N)c1ccc(-c2ccc3c(c2)COC3)cc1. The maximum atomic E-state index is 6.04. The zero-order chi connectivity index (χ0) is 13.2. The summed E-state index contributed by atoms with van der Waals surface area (Å²) in [6, 6.07) is 15.3. The molecule has 0 amide bonds. The smallest absolute Gasteiger partial charge is 0.0725 e. The molecule has 2 heteroatoms. The standard InChI is InChI=1S/C17H19NO/c1-2-17(18)13-5-3-12(4-6-13)14-7-8-15-10-19-11-16(15)9-14/h3-9,17H,2,10-11,18H2,1H3. The summed E-state index contributed by atoms with van der Waals surface area (Å²) in [5.74, 6) is 0. The molecule has 2 nitrogen and oxygen atoms in total. The van der Waals surface area contributed by atoms with Crippen molar-refractivity contribution in [3.05, 3.63) is 59.2 Å². The fourth-order valence-electron chi connectivity index (χ4n) is 2.51. The Balaban J connectivity index is 1.90. The van der Waals surface area contributed by atoms with Gasteiger partial charge in [0.15, 0.2) is 0 Å². The minimum Gasteiger partial charge on any atom is -0.372 e. The highest BCUT2D eigenvalue weighted by Crippen LogP contribution is 2.27. The van der Waals surface area contributed by atoms with Gasteiger partial charge in [-0.2, -0.15) is 0 Å². The van der Waals surface area contributed by atoms with Crippen LogP contribution in [0, 0.1) is 0 Å². The zero-order valence-electron chi connectivity index (χ0n) is 11.2. The van der Waals surface area contributed by atoms with E-state index in [2.05, 4.69) is 49.4 Å². The Morgan fingerprint density at radius 1 is 1.00 bits per heavy atom. The van der Waals surface area contributed by atoms with Gasteiger partial charge in [0.2, 0.25) is 0 Å². The van der Waals surface area contributed by atoms with Gasteiger partial charge in [-0.25, -0.2) is 0 Å². The largest absolute Gasteiger partial charge is 0.372 e. The molecule has 0 aliphatic carbocycles. The topological polar surface area (TPSA) is 35.2 Å². The lowest BCUT2D eigenvalue weighted by Crippen LogP contribution is -2.08. The normalized spacial score (nSPS) is 15.3. The van der Waals surface area contributed by atoms with Crippen LogP contribution in [0.25, 0.3) is 11.1 Å². The fraction of sp³-hybridized carbons (Fsp3) is 0.294. The van der Waals surface area contributed by atoms with E-state index >= 15 is 0 Å². The molecule has 0 bridgehead atoms. The number of hydrogen-bond donors (Lipinski definition) is 1. The first-order chi connectivity index (χ1) is 9.28. The van der Waals surface area contributed by atoms with Gasteiger partial charge in [-0.15, -0.1) is 0 Å². The molecular formula is C17H19NO. The molecule has 98 valence electrons. The zero-order valence-corrected chi connectivity index (χ0v) is 11.2. The first-order valence-electron chi connectivity index (χ1n) is 6.83. The molecule has 0 aromatic heterocycles. The molecule has 0 fully saturated rings. The molecule has 1 heterocycles. The molecular weight excluding hydrogens is 234 g/mol. The predicted octanol–water partition coefficient (Wildman–Crippen LogP) is 3.79. The number of rotatable bonds is 3. The third-order valence-electron chi connectivity index (χ3n) is 3.83. The van der Waals surface area contributed by atoms with Crippen molar-refractivity contribution in [2.24, 2.45) is 5.73 Å². The lowest BCUT2D eigenvalue weighted by molar-refractivity contribution is 0.134. The van der Waals surface area contributed by atoms with Crippen molar-refractivity contribution in [3.8, 4) is 11.1 Å². The van der Waals surface area contributed by atoms with Crippen molar-refractivity contribution in [1.29, 1.82) is 0 Å². The highest BCUT2D eigenvalue weighted by molar-refractivity contribution is 5.65. The summed E-state index contributed by atoms with van der Waals surface area (Å²) in [4.78, 5) is 0. The van der Waals surface area contributed by atoms with Gasteiger partial charge in [0, 0.05) is 6.04 Å². The summed E-state index contributed by atoms with van der Waals surface area (Å²) in [7, 11) is 0. The Hall–Kier alpha value is -1.64.